The van der Waals surface area contributed by atoms with Crippen molar-refractivity contribution in [3.8, 4) is 22.6 Å². The van der Waals surface area contributed by atoms with E-state index in [0.717, 1.165) is 17.9 Å². The van der Waals surface area contributed by atoms with Gasteiger partial charge < -0.3 is 4.74 Å². The predicted molar refractivity (Wildman–Crippen MR) is 97.5 cm³/mol. The molecule has 23 heavy (non-hydrogen) atoms. The van der Waals surface area contributed by atoms with Crippen molar-refractivity contribution in [1.82, 2.24) is 0 Å². The van der Waals surface area contributed by atoms with Gasteiger partial charge in [-0.15, -0.1) is 0 Å². The van der Waals surface area contributed by atoms with Crippen LogP contribution in [-0.2, 0) is 11.8 Å². The van der Waals surface area contributed by atoms with Crippen LogP contribution >= 0.6 is 0 Å². The molecule has 0 spiro atoms. The van der Waals surface area contributed by atoms with E-state index in [4.69, 9.17) is 4.74 Å². The highest BCUT2D eigenvalue weighted by Crippen LogP contribution is 2.48. The van der Waals surface area contributed by atoms with Crippen LogP contribution in [0.1, 0.15) is 38.8 Å². The average Bonchev–Trinajstić information content (AvgIpc) is 2.53. The van der Waals surface area contributed by atoms with Crippen molar-refractivity contribution in [3.05, 3.63) is 59.7 Å². The van der Waals surface area contributed by atoms with Crippen LogP contribution < -0.4 is 4.74 Å². The van der Waals surface area contributed by atoms with Crippen LogP contribution in [-0.4, -0.2) is 0 Å². The number of benzene rings is 3. The molecule has 1 aliphatic rings. The van der Waals surface area contributed by atoms with Crippen molar-refractivity contribution in [2.24, 2.45) is 0 Å². The Morgan fingerprint density at radius 1 is 0.870 bits per heavy atom. The Labute approximate surface area is 137 Å². The van der Waals surface area contributed by atoms with Crippen LogP contribution in [0, 0.1) is 0 Å². The minimum Gasteiger partial charge on any atom is -0.456 e. The maximum Gasteiger partial charge on any atom is 0.135 e. The zero-order valence-electron chi connectivity index (χ0n) is 14.2. The van der Waals surface area contributed by atoms with E-state index < -0.39 is 0 Å². The Balaban J connectivity index is 2.06. The molecule has 3 aromatic carbocycles. The highest BCUT2D eigenvalue weighted by atomic mass is 16.5. The van der Waals surface area contributed by atoms with Gasteiger partial charge in [0.05, 0.1) is 0 Å². The highest BCUT2D eigenvalue weighted by Gasteiger charge is 2.24. The van der Waals surface area contributed by atoms with Gasteiger partial charge in [0.25, 0.3) is 0 Å². The second kappa shape index (κ2) is 4.86. The van der Waals surface area contributed by atoms with Gasteiger partial charge >= 0.3 is 0 Å². The van der Waals surface area contributed by atoms with Crippen LogP contribution in [0.5, 0.6) is 11.5 Å². The van der Waals surface area contributed by atoms with E-state index in [2.05, 4.69) is 76.2 Å². The summed E-state index contributed by atoms with van der Waals surface area (Å²) in [4.78, 5) is 0. The molecular weight excluding hydrogens is 280 g/mol. The highest BCUT2D eigenvalue weighted by molar-refractivity contribution is 6.05. The Bertz CT molecular complexity index is 913. The lowest BCUT2D eigenvalue weighted by atomic mass is 9.81. The molecule has 1 nitrogen and oxygen atoms in total. The molecule has 0 atom stereocenters. The van der Waals surface area contributed by atoms with Gasteiger partial charge in [0.2, 0.25) is 0 Å². The number of hydrogen-bond acceptors (Lipinski definition) is 1. The molecule has 0 N–H and O–H groups in total. The molecule has 0 aromatic heterocycles. The predicted octanol–water partition coefficient (Wildman–Crippen LogP) is 6.47. The molecule has 0 bridgehead atoms. The third-order valence-corrected chi connectivity index (χ3v) is 4.77. The van der Waals surface area contributed by atoms with Crippen molar-refractivity contribution in [2.75, 3.05) is 0 Å². The minimum absolute atomic E-state index is 0.115. The van der Waals surface area contributed by atoms with Gasteiger partial charge in [-0.2, -0.15) is 0 Å². The summed E-state index contributed by atoms with van der Waals surface area (Å²) in [6.07, 6.45) is 1.02. The standard InChI is InChI=1S/C22H22O/c1-5-14-9-10-15-16-7-6-8-17-18(22(2,3)4)11-12-19(21(16)17)23-20(15)13-14/h6-13H,5H2,1-4H3. The molecule has 0 unspecified atom stereocenters. The molecule has 1 heterocycles. The number of aryl methyl sites for hydroxylation is 1. The van der Waals surface area contributed by atoms with Crippen molar-refractivity contribution < 1.29 is 4.74 Å². The van der Waals surface area contributed by atoms with Crippen molar-refractivity contribution in [2.45, 2.75) is 39.5 Å². The van der Waals surface area contributed by atoms with Gasteiger partial charge in [0.1, 0.15) is 11.5 Å². The van der Waals surface area contributed by atoms with E-state index >= 15 is 0 Å². The SMILES string of the molecule is CCc1ccc2c(c1)Oc1ccc(C(C)(C)C)c3cccc-2c13. The normalized spacial score (nSPS) is 12.9. The first kappa shape index (κ1) is 14.3. The molecule has 0 fully saturated rings. The average molecular weight is 302 g/mol. The van der Waals surface area contributed by atoms with Gasteiger partial charge in [-0.3, -0.25) is 0 Å². The van der Waals surface area contributed by atoms with Gasteiger partial charge in [0.15, 0.2) is 0 Å². The lowest BCUT2D eigenvalue weighted by Gasteiger charge is -2.26. The minimum atomic E-state index is 0.115. The quantitative estimate of drug-likeness (QED) is 0.391. The zero-order chi connectivity index (χ0) is 16.2. The van der Waals surface area contributed by atoms with Crippen molar-refractivity contribution in [1.29, 1.82) is 0 Å². The lowest BCUT2D eigenvalue weighted by Crippen LogP contribution is -2.12. The number of ether oxygens (including phenoxy) is 1. The smallest absolute Gasteiger partial charge is 0.135 e. The largest absolute Gasteiger partial charge is 0.456 e. The molecule has 0 saturated heterocycles. The van der Waals surface area contributed by atoms with E-state index in [1.165, 1.54) is 33.0 Å². The number of fused-ring (bicyclic) bond motifs is 2. The van der Waals surface area contributed by atoms with Crippen LogP contribution in [0.4, 0.5) is 0 Å². The Kier molecular flexibility index (Phi) is 3.02. The maximum absolute atomic E-state index is 6.26. The molecule has 1 aliphatic heterocycles. The van der Waals surface area contributed by atoms with Gasteiger partial charge in [-0.1, -0.05) is 64.1 Å². The molecule has 0 amide bonds. The maximum atomic E-state index is 6.26. The zero-order valence-corrected chi connectivity index (χ0v) is 14.2. The monoisotopic (exact) mass is 302 g/mol. The molecule has 4 rings (SSSR count). The van der Waals surface area contributed by atoms with Crippen molar-refractivity contribution in [3.63, 3.8) is 0 Å². The number of hydrogen-bond donors (Lipinski definition) is 0. The van der Waals surface area contributed by atoms with Gasteiger partial charge in [0, 0.05) is 10.9 Å². The summed E-state index contributed by atoms with van der Waals surface area (Å²) in [5.41, 5.74) is 5.28. The first-order valence-electron chi connectivity index (χ1n) is 8.36. The third-order valence-electron chi connectivity index (χ3n) is 4.77. The molecule has 116 valence electrons. The Hall–Kier alpha value is -2.28. The summed E-state index contributed by atoms with van der Waals surface area (Å²) in [7, 11) is 0. The Morgan fingerprint density at radius 3 is 2.43 bits per heavy atom. The molecule has 1 heteroatoms. The lowest BCUT2D eigenvalue weighted by molar-refractivity contribution is 0.485. The molecular formula is C22H22O. The van der Waals surface area contributed by atoms with Crippen LogP contribution in [0.3, 0.4) is 0 Å². The van der Waals surface area contributed by atoms with Crippen LogP contribution in [0.25, 0.3) is 21.9 Å². The second-order valence-electron chi connectivity index (χ2n) is 7.38. The second-order valence-corrected chi connectivity index (χ2v) is 7.38. The van der Waals surface area contributed by atoms with Crippen molar-refractivity contribution >= 4 is 10.8 Å². The summed E-state index contributed by atoms with van der Waals surface area (Å²) in [5, 5.41) is 2.55. The topological polar surface area (TPSA) is 9.23 Å². The van der Waals surface area contributed by atoms with Gasteiger partial charge in [-0.05, 0) is 46.0 Å². The molecule has 3 aromatic rings. The van der Waals surface area contributed by atoms with Gasteiger partial charge in [-0.25, -0.2) is 0 Å². The fourth-order valence-corrected chi connectivity index (χ4v) is 3.55. The van der Waals surface area contributed by atoms with E-state index in [9.17, 15) is 0 Å². The molecule has 0 radical (unpaired) electrons. The summed E-state index contributed by atoms with van der Waals surface area (Å²) < 4.78 is 6.26. The van der Waals surface area contributed by atoms with E-state index in [0.29, 0.717) is 0 Å². The summed E-state index contributed by atoms with van der Waals surface area (Å²) in [6, 6.07) is 17.5. The van der Waals surface area contributed by atoms with E-state index in [-0.39, 0.29) is 5.41 Å². The first-order valence-corrected chi connectivity index (χ1v) is 8.36. The fourth-order valence-electron chi connectivity index (χ4n) is 3.55. The summed E-state index contributed by atoms with van der Waals surface area (Å²) >= 11 is 0. The Morgan fingerprint density at radius 2 is 1.70 bits per heavy atom. The fraction of sp³-hybridized carbons (Fsp3) is 0.273. The van der Waals surface area contributed by atoms with Crippen LogP contribution in [0.2, 0.25) is 0 Å². The first-order chi connectivity index (χ1) is 11.0. The third kappa shape index (κ3) is 2.15. The van der Waals surface area contributed by atoms with Crippen LogP contribution in [0.15, 0.2) is 48.5 Å². The summed E-state index contributed by atoms with van der Waals surface area (Å²) in [6.45, 7) is 8.97. The van der Waals surface area contributed by atoms with E-state index in [1.54, 1.807) is 0 Å². The molecule has 0 aliphatic carbocycles. The number of rotatable bonds is 1. The van der Waals surface area contributed by atoms with E-state index in [1.807, 2.05) is 0 Å². The molecule has 0 saturated carbocycles. The summed E-state index contributed by atoms with van der Waals surface area (Å²) in [5.74, 6) is 1.96.